The van der Waals surface area contributed by atoms with Gasteiger partial charge in [0.2, 0.25) is 5.88 Å². The molecule has 0 aliphatic rings. The van der Waals surface area contributed by atoms with Gasteiger partial charge in [-0.05, 0) is 24.3 Å². The maximum atomic E-state index is 5.84. The number of alkyl halides is 1. The lowest BCUT2D eigenvalue weighted by atomic mass is 10.2. The number of aromatic nitrogens is 1. The van der Waals surface area contributed by atoms with Gasteiger partial charge in [-0.3, -0.25) is 0 Å². The van der Waals surface area contributed by atoms with Crippen molar-refractivity contribution in [3.63, 3.8) is 0 Å². The van der Waals surface area contributed by atoms with E-state index in [1.807, 2.05) is 36.4 Å². The van der Waals surface area contributed by atoms with Crippen molar-refractivity contribution >= 4 is 11.6 Å². The van der Waals surface area contributed by atoms with Crippen molar-refractivity contribution in [2.75, 3.05) is 13.0 Å². The predicted molar refractivity (Wildman–Crippen MR) is 83.8 cm³/mol. The molecule has 0 N–H and O–H groups in total. The summed E-state index contributed by atoms with van der Waals surface area (Å²) in [6.07, 6.45) is 2.35. The number of halogens is 1. The number of para-hydroxylation sites is 1. The molecule has 0 amide bonds. The monoisotopic (exact) mass is 301 g/mol. The Morgan fingerprint density at radius 3 is 2.86 bits per heavy atom. The highest BCUT2D eigenvalue weighted by Crippen LogP contribution is 2.21. The van der Waals surface area contributed by atoms with E-state index in [1.54, 1.807) is 13.3 Å². The first kappa shape index (κ1) is 15.2. The largest absolute Gasteiger partial charge is 0.487 e. The SMILES string of the molecule is COc1ncccc1COc1ccccc1C#CCCCl. The summed E-state index contributed by atoms with van der Waals surface area (Å²) in [6.45, 7) is 0.380. The van der Waals surface area contributed by atoms with E-state index in [0.29, 0.717) is 24.8 Å². The average molecular weight is 302 g/mol. The Labute approximate surface area is 129 Å². The number of hydrogen-bond donors (Lipinski definition) is 0. The molecular formula is C17H16ClNO2. The van der Waals surface area contributed by atoms with Gasteiger partial charge in [0.25, 0.3) is 0 Å². The Balaban J connectivity index is 2.12. The number of nitrogens with zero attached hydrogens (tertiary/aromatic N) is 1. The Morgan fingerprint density at radius 1 is 1.19 bits per heavy atom. The van der Waals surface area contributed by atoms with E-state index in [9.17, 15) is 0 Å². The Morgan fingerprint density at radius 2 is 2.05 bits per heavy atom. The molecular weight excluding hydrogens is 286 g/mol. The van der Waals surface area contributed by atoms with Crippen molar-refractivity contribution in [3.05, 3.63) is 53.7 Å². The summed E-state index contributed by atoms with van der Waals surface area (Å²) in [5.74, 6) is 7.93. The number of hydrogen-bond acceptors (Lipinski definition) is 3. The minimum absolute atomic E-state index is 0.380. The molecule has 0 aliphatic heterocycles. The second-order valence-corrected chi connectivity index (χ2v) is 4.58. The van der Waals surface area contributed by atoms with Crippen molar-refractivity contribution < 1.29 is 9.47 Å². The third kappa shape index (κ3) is 4.40. The minimum atomic E-state index is 0.380. The van der Waals surface area contributed by atoms with Crippen molar-refractivity contribution in [2.45, 2.75) is 13.0 Å². The van der Waals surface area contributed by atoms with Crippen LogP contribution in [0.5, 0.6) is 11.6 Å². The normalized spacial score (nSPS) is 9.62. The number of pyridine rings is 1. The van der Waals surface area contributed by atoms with Crippen LogP contribution in [0.1, 0.15) is 17.5 Å². The third-order valence-corrected chi connectivity index (χ3v) is 2.95. The van der Waals surface area contributed by atoms with Gasteiger partial charge in [0.05, 0.1) is 18.2 Å². The van der Waals surface area contributed by atoms with Crippen LogP contribution in [0.2, 0.25) is 0 Å². The summed E-state index contributed by atoms with van der Waals surface area (Å²) in [6, 6.07) is 11.5. The number of benzene rings is 1. The van der Waals surface area contributed by atoms with Crippen LogP contribution in [0.15, 0.2) is 42.6 Å². The van der Waals surface area contributed by atoms with Crippen LogP contribution in [0.3, 0.4) is 0 Å². The van der Waals surface area contributed by atoms with Crippen molar-refractivity contribution in [3.8, 4) is 23.5 Å². The summed E-state index contributed by atoms with van der Waals surface area (Å²) in [4.78, 5) is 4.15. The van der Waals surface area contributed by atoms with Crippen molar-refractivity contribution in [2.24, 2.45) is 0 Å². The molecule has 0 unspecified atom stereocenters. The maximum Gasteiger partial charge on any atom is 0.219 e. The minimum Gasteiger partial charge on any atom is -0.487 e. The van der Waals surface area contributed by atoms with E-state index in [-0.39, 0.29) is 0 Å². The van der Waals surface area contributed by atoms with Gasteiger partial charge in [0, 0.05) is 18.5 Å². The molecule has 2 rings (SSSR count). The first-order valence-electron chi connectivity index (χ1n) is 6.59. The Bertz CT molecular complexity index is 646. The van der Waals surface area contributed by atoms with E-state index in [0.717, 1.165) is 16.9 Å². The lowest BCUT2D eigenvalue weighted by Gasteiger charge is -2.10. The van der Waals surface area contributed by atoms with Gasteiger partial charge in [-0.15, -0.1) is 11.6 Å². The first-order valence-corrected chi connectivity index (χ1v) is 7.13. The van der Waals surface area contributed by atoms with Crippen LogP contribution in [0.4, 0.5) is 0 Å². The van der Waals surface area contributed by atoms with E-state index in [4.69, 9.17) is 21.1 Å². The third-order valence-electron chi connectivity index (χ3n) is 2.76. The second kappa shape index (κ2) is 8.18. The molecule has 2 aromatic rings. The first-order chi connectivity index (χ1) is 10.3. The maximum absolute atomic E-state index is 5.84. The summed E-state index contributed by atoms with van der Waals surface area (Å²) >= 11 is 5.63. The summed E-state index contributed by atoms with van der Waals surface area (Å²) in [7, 11) is 1.59. The molecule has 0 radical (unpaired) electrons. The predicted octanol–water partition coefficient (Wildman–Crippen LogP) is 3.65. The molecule has 3 nitrogen and oxygen atoms in total. The Kier molecular flexibility index (Phi) is 5.93. The topological polar surface area (TPSA) is 31.4 Å². The van der Waals surface area contributed by atoms with Crippen LogP contribution >= 0.6 is 11.6 Å². The van der Waals surface area contributed by atoms with Crippen LogP contribution in [0.25, 0.3) is 0 Å². The van der Waals surface area contributed by atoms with Gasteiger partial charge in [-0.2, -0.15) is 0 Å². The molecule has 0 aliphatic carbocycles. The van der Waals surface area contributed by atoms with Gasteiger partial charge < -0.3 is 9.47 Å². The van der Waals surface area contributed by atoms with Crippen molar-refractivity contribution in [1.29, 1.82) is 0 Å². The number of methoxy groups -OCH3 is 1. The molecule has 0 fully saturated rings. The molecule has 0 spiro atoms. The molecule has 21 heavy (non-hydrogen) atoms. The molecule has 0 bridgehead atoms. The van der Waals surface area contributed by atoms with E-state index >= 15 is 0 Å². The molecule has 1 aromatic heterocycles. The van der Waals surface area contributed by atoms with Crippen LogP contribution in [-0.2, 0) is 6.61 Å². The van der Waals surface area contributed by atoms with Crippen LogP contribution in [-0.4, -0.2) is 18.0 Å². The van der Waals surface area contributed by atoms with Gasteiger partial charge in [0.1, 0.15) is 12.4 Å². The van der Waals surface area contributed by atoms with Crippen LogP contribution in [0, 0.1) is 11.8 Å². The van der Waals surface area contributed by atoms with E-state index in [1.165, 1.54) is 0 Å². The highest BCUT2D eigenvalue weighted by molar-refractivity contribution is 6.18. The second-order valence-electron chi connectivity index (χ2n) is 4.20. The van der Waals surface area contributed by atoms with E-state index < -0.39 is 0 Å². The number of rotatable bonds is 5. The summed E-state index contributed by atoms with van der Waals surface area (Å²) in [5.41, 5.74) is 1.74. The fraction of sp³-hybridized carbons (Fsp3) is 0.235. The lowest BCUT2D eigenvalue weighted by molar-refractivity contribution is 0.293. The summed E-state index contributed by atoms with van der Waals surface area (Å²) < 4.78 is 11.1. The Hall–Kier alpha value is -2.18. The van der Waals surface area contributed by atoms with Gasteiger partial charge in [0.15, 0.2) is 0 Å². The standard InChI is InChI=1S/C17H16ClNO2/c1-20-17-15(9-6-12-19-17)13-21-16-10-3-2-7-14(16)8-4-5-11-18/h2-3,6-7,9-10,12H,5,11,13H2,1H3. The molecule has 0 saturated heterocycles. The van der Waals surface area contributed by atoms with Crippen molar-refractivity contribution in [1.82, 2.24) is 4.98 Å². The zero-order valence-corrected chi connectivity index (χ0v) is 12.6. The van der Waals surface area contributed by atoms with Gasteiger partial charge in [-0.25, -0.2) is 4.98 Å². The summed E-state index contributed by atoms with van der Waals surface area (Å²) in [5, 5.41) is 0. The average Bonchev–Trinajstić information content (AvgIpc) is 2.54. The highest BCUT2D eigenvalue weighted by Gasteiger charge is 2.06. The molecule has 4 heteroatoms. The zero-order valence-electron chi connectivity index (χ0n) is 11.8. The lowest BCUT2D eigenvalue weighted by Crippen LogP contribution is -2.01. The molecule has 0 atom stereocenters. The van der Waals surface area contributed by atoms with Gasteiger partial charge in [-0.1, -0.05) is 24.0 Å². The quantitative estimate of drug-likeness (QED) is 0.624. The fourth-order valence-electron chi connectivity index (χ4n) is 1.77. The van der Waals surface area contributed by atoms with E-state index in [2.05, 4.69) is 16.8 Å². The van der Waals surface area contributed by atoms with Gasteiger partial charge >= 0.3 is 0 Å². The highest BCUT2D eigenvalue weighted by atomic mass is 35.5. The zero-order chi connectivity index (χ0) is 14.9. The number of ether oxygens (including phenoxy) is 2. The smallest absolute Gasteiger partial charge is 0.219 e. The molecule has 0 saturated carbocycles. The molecule has 1 heterocycles. The fourth-order valence-corrected chi connectivity index (χ4v) is 1.87. The molecule has 1 aromatic carbocycles. The molecule has 108 valence electrons. The van der Waals surface area contributed by atoms with Crippen LogP contribution < -0.4 is 9.47 Å².